The number of benzene rings is 1. The summed E-state index contributed by atoms with van der Waals surface area (Å²) < 4.78 is 26.4. The van der Waals surface area contributed by atoms with Crippen LogP contribution < -0.4 is 5.32 Å². The number of halogens is 2. The molecule has 1 aliphatic heterocycles. The molecule has 0 spiro atoms. The van der Waals surface area contributed by atoms with Crippen LogP contribution in [0, 0.1) is 11.6 Å². The first-order valence-electron chi connectivity index (χ1n) is 7.10. The van der Waals surface area contributed by atoms with Crippen molar-refractivity contribution in [1.82, 2.24) is 10.2 Å². The maximum atomic E-state index is 13.4. The van der Waals surface area contributed by atoms with Gasteiger partial charge >= 0.3 is 0 Å². The largest absolute Gasteiger partial charge is 0.322 e. The minimum atomic E-state index is -0.884. The first kappa shape index (κ1) is 14.9. The van der Waals surface area contributed by atoms with Crippen LogP contribution in [0.3, 0.4) is 0 Å². The summed E-state index contributed by atoms with van der Waals surface area (Å²) in [6.45, 7) is 4.50. The van der Waals surface area contributed by atoms with Crippen LogP contribution in [0.2, 0.25) is 0 Å². The zero-order valence-corrected chi connectivity index (χ0v) is 11.8. The van der Waals surface area contributed by atoms with Crippen LogP contribution in [0.5, 0.6) is 0 Å². The summed E-state index contributed by atoms with van der Waals surface area (Å²) in [6, 6.07) is 3.55. The molecular formula is C15H20F2N2O. The topological polar surface area (TPSA) is 32.3 Å². The highest BCUT2D eigenvalue weighted by molar-refractivity contribution is 5.84. The molecule has 110 valence electrons. The second-order valence-corrected chi connectivity index (χ2v) is 5.06. The lowest BCUT2D eigenvalue weighted by Crippen LogP contribution is -2.30. The molecule has 3 nitrogen and oxygen atoms in total. The molecule has 20 heavy (non-hydrogen) atoms. The van der Waals surface area contributed by atoms with Gasteiger partial charge in [-0.3, -0.25) is 10.1 Å². The Labute approximate surface area is 118 Å². The number of hydrogen-bond donors (Lipinski definition) is 1. The summed E-state index contributed by atoms with van der Waals surface area (Å²) in [7, 11) is 0. The standard InChI is InChI=1S/C15H20F2N2O/c1-3-5-6-13-15(20)19(4-2)14(18-13)10-7-8-11(16)12(17)9-10/h7-9,13-14,18H,3-6H2,1-2H3. The van der Waals surface area contributed by atoms with Gasteiger partial charge in [0.2, 0.25) is 5.91 Å². The summed E-state index contributed by atoms with van der Waals surface area (Å²) >= 11 is 0. The predicted octanol–water partition coefficient (Wildman–Crippen LogP) is 2.97. The number of carbonyl (C=O) groups excluding carboxylic acids is 1. The fourth-order valence-electron chi connectivity index (χ4n) is 2.59. The van der Waals surface area contributed by atoms with Gasteiger partial charge in [-0.1, -0.05) is 25.8 Å². The molecule has 2 unspecified atom stereocenters. The van der Waals surface area contributed by atoms with E-state index in [0.29, 0.717) is 12.1 Å². The molecule has 1 saturated heterocycles. The Morgan fingerprint density at radius 3 is 2.60 bits per heavy atom. The van der Waals surface area contributed by atoms with E-state index in [1.165, 1.54) is 6.07 Å². The van der Waals surface area contributed by atoms with E-state index >= 15 is 0 Å². The van der Waals surface area contributed by atoms with Crippen LogP contribution in [0.4, 0.5) is 8.78 Å². The Morgan fingerprint density at radius 1 is 1.25 bits per heavy atom. The molecule has 0 saturated carbocycles. The highest BCUT2D eigenvalue weighted by Gasteiger charge is 2.38. The molecule has 1 heterocycles. The number of nitrogens with zero attached hydrogens (tertiary/aromatic N) is 1. The van der Waals surface area contributed by atoms with Crippen molar-refractivity contribution in [1.29, 1.82) is 0 Å². The van der Waals surface area contributed by atoms with E-state index < -0.39 is 11.6 Å². The minimum Gasteiger partial charge on any atom is -0.322 e. The zero-order valence-electron chi connectivity index (χ0n) is 11.8. The van der Waals surface area contributed by atoms with Crippen molar-refractivity contribution in [2.45, 2.75) is 45.3 Å². The van der Waals surface area contributed by atoms with Crippen LogP contribution >= 0.6 is 0 Å². The molecular weight excluding hydrogens is 262 g/mol. The lowest BCUT2D eigenvalue weighted by molar-refractivity contribution is -0.130. The van der Waals surface area contributed by atoms with Gasteiger partial charge in [0.1, 0.15) is 6.17 Å². The van der Waals surface area contributed by atoms with Crippen molar-refractivity contribution >= 4 is 5.91 Å². The van der Waals surface area contributed by atoms with E-state index in [1.807, 2.05) is 6.92 Å². The van der Waals surface area contributed by atoms with Gasteiger partial charge in [-0.15, -0.1) is 0 Å². The second-order valence-electron chi connectivity index (χ2n) is 5.06. The van der Waals surface area contributed by atoms with Crippen molar-refractivity contribution in [2.24, 2.45) is 0 Å². The normalized spacial score (nSPS) is 22.6. The summed E-state index contributed by atoms with van der Waals surface area (Å²) in [5, 5.41) is 3.23. The molecule has 0 aromatic heterocycles. The van der Waals surface area contributed by atoms with Gasteiger partial charge in [0.05, 0.1) is 6.04 Å². The van der Waals surface area contributed by atoms with Gasteiger partial charge in [-0.05, 0) is 31.0 Å². The van der Waals surface area contributed by atoms with Crippen molar-refractivity contribution in [2.75, 3.05) is 6.54 Å². The molecule has 1 aromatic carbocycles. The van der Waals surface area contributed by atoms with Gasteiger partial charge in [0.15, 0.2) is 11.6 Å². The molecule has 2 rings (SSSR count). The average Bonchev–Trinajstić information content (AvgIpc) is 2.76. The molecule has 2 atom stereocenters. The lowest BCUT2D eigenvalue weighted by Gasteiger charge is -2.22. The van der Waals surface area contributed by atoms with Crippen LogP contribution in [0.15, 0.2) is 18.2 Å². The van der Waals surface area contributed by atoms with E-state index in [9.17, 15) is 13.6 Å². The molecule has 1 aromatic rings. The number of carbonyl (C=O) groups is 1. The highest BCUT2D eigenvalue weighted by atomic mass is 19.2. The lowest BCUT2D eigenvalue weighted by atomic mass is 10.1. The average molecular weight is 282 g/mol. The van der Waals surface area contributed by atoms with Gasteiger partial charge < -0.3 is 4.90 Å². The predicted molar refractivity (Wildman–Crippen MR) is 72.9 cm³/mol. The van der Waals surface area contributed by atoms with Crippen LogP contribution in [0.1, 0.15) is 44.8 Å². The van der Waals surface area contributed by atoms with Gasteiger partial charge in [-0.25, -0.2) is 8.78 Å². The van der Waals surface area contributed by atoms with Gasteiger partial charge in [0, 0.05) is 6.54 Å². The summed E-state index contributed by atoms with van der Waals surface area (Å²) in [5.74, 6) is -1.72. The maximum absolute atomic E-state index is 13.4. The Balaban J connectivity index is 2.21. The van der Waals surface area contributed by atoms with Crippen molar-refractivity contribution in [3.05, 3.63) is 35.4 Å². The van der Waals surface area contributed by atoms with Crippen LogP contribution in [-0.2, 0) is 4.79 Å². The zero-order chi connectivity index (χ0) is 14.7. The third kappa shape index (κ3) is 2.82. The Bertz CT molecular complexity index is 493. The number of unbranched alkanes of at least 4 members (excludes halogenated alkanes) is 1. The molecule has 5 heteroatoms. The smallest absolute Gasteiger partial charge is 0.241 e. The third-order valence-corrected chi connectivity index (χ3v) is 3.70. The van der Waals surface area contributed by atoms with E-state index in [0.717, 1.165) is 31.4 Å². The van der Waals surface area contributed by atoms with Crippen molar-refractivity contribution < 1.29 is 13.6 Å². The van der Waals surface area contributed by atoms with Crippen LogP contribution in [-0.4, -0.2) is 23.4 Å². The van der Waals surface area contributed by atoms with Gasteiger partial charge in [-0.2, -0.15) is 0 Å². The first-order chi connectivity index (χ1) is 9.58. The highest BCUT2D eigenvalue weighted by Crippen LogP contribution is 2.27. The number of rotatable bonds is 5. The fraction of sp³-hybridized carbons (Fsp3) is 0.533. The first-order valence-corrected chi connectivity index (χ1v) is 7.10. The van der Waals surface area contributed by atoms with E-state index in [1.54, 1.807) is 4.90 Å². The fourth-order valence-corrected chi connectivity index (χ4v) is 2.59. The van der Waals surface area contributed by atoms with E-state index in [2.05, 4.69) is 12.2 Å². The van der Waals surface area contributed by atoms with E-state index in [4.69, 9.17) is 0 Å². The molecule has 0 radical (unpaired) electrons. The van der Waals surface area contributed by atoms with Crippen LogP contribution in [0.25, 0.3) is 0 Å². The summed E-state index contributed by atoms with van der Waals surface area (Å²) in [4.78, 5) is 13.9. The molecule has 0 bridgehead atoms. The Hall–Kier alpha value is -1.49. The second kappa shape index (κ2) is 6.31. The quantitative estimate of drug-likeness (QED) is 0.900. The summed E-state index contributed by atoms with van der Waals surface area (Å²) in [5.41, 5.74) is 0.582. The molecule has 1 fully saturated rings. The Kier molecular flexibility index (Phi) is 4.70. The van der Waals surface area contributed by atoms with Crippen molar-refractivity contribution in [3.8, 4) is 0 Å². The maximum Gasteiger partial charge on any atom is 0.241 e. The molecule has 1 amide bonds. The summed E-state index contributed by atoms with van der Waals surface area (Å²) in [6.07, 6.45) is 2.38. The Morgan fingerprint density at radius 2 is 2.00 bits per heavy atom. The molecule has 0 aliphatic carbocycles. The SMILES string of the molecule is CCCCC1NC(c2ccc(F)c(F)c2)N(CC)C1=O. The molecule has 1 N–H and O–H groups in total. The number of hydrogen-bond acceptors (Lipinski definition) is 2. The number of nitrogens with one attached hydrogen (secondary N) is 1. The monoisotopic (exact) mass is 282 g/mol. The van der Waals surface area contributed by atoms with Gasteiger partial charge in [0.25, 0.3) is 0 Å². The molecule has 1 aliphatic rings. The number of likely N-dealkylation sites (N-methyl/N-ethyl adjacent to an activating group) is 1. The number of amides is 1. The minimum absolute atomic E-state index is 0.0377. The third-order valence-electron chi connectivity index (χ3n) is 3.70. The van der Waals surface area contributed by atoms with E-state index in [-0.39, 0.29) is 18.1 Å². The van der Waals surface area contributed by atoms with Crippen molar-refractivity contribution in [3.63, 3.8) is 0 Å².